The summed E-state index contributed by atoms with van der Waals surface area (Å²) in [6.45, 7) is 3.29. The zero-order valence-corrected chi connectivity index (χ0v) is 16.8. The van der Waals surface area contributed by atoms with Crippen LogP contribution in [0.3, 0.4) is 0 Å². The summed E-state index contributed by atoms with van der Waals surface area (Å²) >= 11 is 0. The summed E-state index contributed by atoms with van der Waals surface area (Å²) in [7, 11) is 1.58. The van der Waals surface area contributed by atoms with Gasteiger partial charge in [-0.05, 0) is 43.3 Å². The van der Waals surface area contributed by atoms with Gasteiger partial charge >= 0.3 is 5.97 Å². The molecule has 4 rings (SSSR count). The second kappa shape index (κ2) is 7.82. The Labute approximate surface area is 172 Å². The van der Waals surface area contributed by atoms with Gasteiger partial charge < -0.3 is 14.8 Å². The lowest BCUT2D eigenvalue weighted by molar-refractivity contribution is -0.114. The van der Waals surface area contributed by atoms with E-state index in [0.29, 0.717) is 33.6 Å². The smallest absolute Gasteiger partial charge is 0.344 e. The summed E-state index contributed by atoms with van der Waals surface area (Å²) in [5.74, 6) is 0.0284. The monoisotopic (exact) mass is 404 g/mol. The van der Waals surface area contributed by atoms with Gasteiger partial charge in [0.1, 0.15) is 22.6 Å². The molecule has 1 amide bonds. The van der Waals surface area contributed by atoms with E-state index in [0.717, 1.165) is 0 Å². The fourth-order valence-electron chi connectivity index (χ4n) is 3.31. The molecule has 4 aromatic rings. The third kappa shape index (κ3) is 3.32. The first kappa shape index (κ1) is 19.4. The molecular formula is C22H20N4O4. The highest BCUT2D eigenvalue weighted by molar-refractivity contribution is 6.11. The molecule has 0 aliphatic rings. The Morgan fingerprint density at radius 1 is 1.03 bits per heavy atom. The van der Waals surface area contributed by atoms with E-state index in [2.05, 4.69) is 10.3 Å². The maximum Gasteiger partial charge on any atom is 0.344 e. The molecule has 0 saturated heterocycles. The fraction of sp³-hybridized carbons (Fsp3) is 0.182. The molecular weight excluding hydrogens is 384 g/mol. The minimum Gasteiger partial charge on any atom is -0.497 e. The van der Waals surface area contributed by atoms with Crippen molar-refractivity contribution in [2.24, 2.45) is 0 Å². The van der Waals surface area contributed by atoms with Crippen LogP contribution in [0.1, 0.15) is 24.2 Å². The predicted octanol–water partition coefficient (Wildman–Crippen LogP) is 3.72. The second-order valence-electron chi connectivity index (χ2n) is 6.54. The van der Waals surface area contributed by atoms with Crippen molar-refractivity contribution in [3.63, 3.8) is 0 Å². The van der Waals surface area contributed by atoms with Crippen LogP contribution >= 0.6 is 0 Å². The van der Waals surface area contributed by atoms with Crippen LogP contribution in [-0.4, -0.2) is 40.1 Å². The first-order valence-corrected chi connectivity index (χ1v) is 9.43. The van der Waals surface area contributed by atoms with Crippen LogP contribution < -0.4 is 10.1 Å². The number of esters is 1. The minimum atomic E-state index is -0.580. The number of carbonyl (C=O) groups excluding carboxylic acids is 2. The van der Waals surface area contributed by atoms with Crippen molar-refractivity contribution < 1.29 is 19.1 Å². The van der Waals surface area contributed by atoms with Gasteiger partial charge in [0.05, 0.1) is 24.8 Å². The van der Waals surface area contributed by atoms with E-state index in [1.165, 1.54) is 6.92 Å². The molecule has 30 heavy (non-hydrogen) atoms. The topological polar surface area (TPSA) is 95.3 Å². The number of nitrogens with one attached hydrogen (secondary N) is 1. The van der Waals surface area contributed by atoms with E-state index < -0.39 is 5.97 Å². The van der Waals surface area contributed by atoms with Crippen LogP contribution in [0.5, 0.6) is 5.75 Å². The molecule has 0 atom stereocenters. The number of methoxy groups -OCH3 is 1. The van der Waals surface area contributed by atoms with Gasteiger partial charge in [0.2, 0.25) is 5.91 Å². The normalized spacial score (nSPS) is 10.9. The number of nitrogens with zero attached hydrogens (tertiary/aromatic N) is 3. The molecule has 0 aliphatic carbocycles. The van der Waals surface area contributed by atoms with Crippen LogP contribution in [0.25, 0.3) is 27.9 Å². The molecule has 2 aromatic carbocycles. The number of hydrogen-bond donors (Lipinski definition) is 1. The first-order chi connectivity index (χ1) is 14.5. The molecule has 0 unspecified atom stereocenters. The van der Waals surface area contributed by atoms with Gasteiger partial charge in [-0.15, -0.1) is 0 Å². The Morgan fingerprint density at radius 3 is 2.30 bits per heavy atom. The van der Waals surface area contributed by atoms with Crippen molar-refractivity contribution in [1.82, 2.24) is 14.5 Å². The summed E-state index contributed by atoms with van der Waals surface area (Å²) in [5, 5.41) is 2.76. The highest BCUT2D eigenvalue weighted by atomic mass is 16.5. The molecule has 0 fully saturated rings. The van der Waals surface area contributed by atoms with Gasteiger partial charge in [-0.25, -0.2) is 14.8 Å². The van der Waals surface area contributed by atoms with E-state index in [4.69, 9.17) is 14.5 Å². The molecule has 0 saturated carbocycles. The van der Waals surface area contributed by atoms with E-state index >= 15 is 0 Å². The number of para-hydroxylation sites is 2. The highest BCUT2D eigenvalue weighted by Crippen LogP contribution is 2.34. The van der Waals surface area contributed by atoms with Gasteiger partial charge in [-0.1, -0.05) is 12.1 Å². The Morgan fingerprint density at radius 2 is 1.70 bits per heavy atom. The molecule has 0 bridgehead atoms. The highest BCUT2D eigenvalue weighted by Gasteiger charge is 2.28. The third-order valence-electron chi connectivity index (χ3n) is 4.57. The molecule has 0 aliphatic heterocycles. The minimum absolute atomic E-state index is 0.163. The number of benzene rings is 2. The van der Waals surface area contributed by atoms with E-state index in [1.54, 1.807) is 30.7 Å². The molecule has 0 spiro atoms. The van der Waals surface area contributed by atoms with Crippen LogP contribution in [0.4, 0.5) is 5.82 Å². The second-order valence-corrected chi connectivity index (χ2v) is 6.54. The molecule has 152 valence electrons. The van der Waals surface area contributed by atoms with Crippen LogP contribution in [0.2, 0.25) is 0 Å². The summed E-state index contributed by atoms with van der Waals surface area (Å²) < 4.78 is 12.2. The number of ether oxygens (including phenoxy) is 2. The van der Waals surface area contributed by atoms with Crippen molar-refractivity contribution >= 4 is 39.9 Å². The van der Waals surface area contributed by atoms with Crippen molar-refractivity contribution in [3.05, 3.63) is 54.1 Å². The zero-order valence-electron chi connectivity index (χ0n) is 16.8. The molecule has 1 N–H and O–H groups in total. The van der Waals surface area contributed by atoms with Crippen molar-refractivity contribution in [2.45, 2.75) is 13.8 Å². The summed E-state index contributed by atoms with van der Waals surface area (Å²) in [5.41, 5.74) is 2.94. The number of fused-ring (bicyclic) bond motifs is 2. The standard InChI is InChI=1S/C22H20N4O4/c1-4-30-22(28)18-19-21(25-17-8-6-5-7-16(17)24-19)26(20(18)23-13(2)27)14-9-11-15(29-3)12-10-14/h5-12H,4H2,1-3H3,(H,23,27). The molecule has 0 radical (unpaired) electrons. The molecule has 8 nitrogen and oxygen atoms in total. The Balaban J connectivity index is 2.11. The van der Waals surface area contributed by atoms with Crippen molar-refractivity contribution in [1.29, 1.82) is 0 Å². The third-order valence-corrected chi connectivity index (χ3v) is 4.57. The lowest BCUT2D eigenvalue weighted by atomic mass is 10.2. The number of rotatable bonds is 5. The summed E-state index contributed by atoms with van der Waals surface area (Å²) in [6, 6.07) is 14.6. The van der Waals surface area contributed by atoms with E-state index in [9.17, 15) is 9.59 Å². The van der Waals surface area contributed by atoms with Gasteiger partial charge in [0, 0.05) is 12.6 Å². The van der Waals surface area contributed by atoms with Gasteiger partial charge in [0.25, 0.3) is 0 Å². The largest absolute Gasteiger partial charge is 0.497 e. The molecule has 2 heterocycles. The van der Waals surface area contributed by atoms with Gasteiger partial charge in [-0.3, -0.25) is 9.36 Å². The SMILES string of the molecule is CCOC(=O)c1c(NC(C)=O)n(-c2ccc(OC)cc2)c2nc3ccccc3nc12. The number of anilines is 1. The van der Waals surface area contributed by atoms with Gasteiger partial charge in [0.15, 0.2) is 5.65 Å². The summed E-state index contributed by atoms with van der Waals surface area (Å²) in [4.78, 5) is 34.3. The van der Waals surface area contributed by atoms with Crippen molar-refractivity contribution in [2.75, 3.05) is 19.0 Å². The van der Waals surface area contributed by atoms with Crippen LogP contribution in [-0.2, 0) is 9.53 Å². The lowest BCUT2D eigenvalue weighted by Gasteiger charge is -2.12. The van der Waals surface area contributed by atoms with Gasteiger partial charge in [-0.2, -0.15) is 0 Å². The van der Waals surface area contributed by atoms with E-state index in [-0.39, 0.29) is 23.9 Å². The predicted molar refractivity (Wildman–Crippen MR) is 113 cm³/mol. The Kier molecular flexibility index (Phi) is 5.05. The average Bonchev–Trinajstić information content (AvgIpc) is 3.04. The Bertz CT molecular complexity index is 1260. The maximum absolute atomic E-state index is 12.9. The number of carbonyl (C=O) groups is 2. The summed E-state index contributed by atoms with van der Waals surface area (Å²) in [6.07, 6.45) is 0. The number of amides is 1. The molecule has 8 heteroatoms. The van der Waals surface area contributed by atoms with E-state index in [1.807, 2.05) is 36.4 Å². The van der Waals surface area contributed by atoms with Crippen molar-refractivity contribution in [3.8, 4) is 11.4 Å². The number of aromatic nitrogens is 3. The maximum atomic E-state index is 12.9. The fourth-order valence-corrected chi connectivity index (χ4v) is 3.31. The Hall–Kier alpha value is -3.94. The zero-order chi connectivity index (χ0) is 21.3. The number of hydrogen-bond acceptors (Lipinski definition) is 6. The quantitative estimate of drug-likeness (QED) is 0.510. The van der Waals surface area contributed by atoms with Crippen LogP contribution in [0, 0.1) is 0 Å². The first-order valence-electron chi connectivity index (χ1n) is 9.43. The van der Waals surface area contributed by atoms with Crippen LogP contribution in [0.15, 0.2) is 48.5 Å². The lowest BCUT2D eigenvalue weighted by Crippen LogP contribution is -2.15. The molecule has 2 aromatic heterocycles. The average molecular weight is 404 g/mol.